The van der Waals surface area contributed by atoms with Crippen LogP contribution in [-0.4, -0.2) is 29.9 Å². The SMILES string of the molecule is O=C1CC(C2CCCCN2Cc2c(F)cccc2F)CN1. The van der Waals surface area contributed by atoms with Crippen molar-refractivity contribution < 1.29 is 13.6 Å². The Balaban J connectivity index is 1.77. The lowest BCUT2D eigenvalue weighted by molar-refractivity contribution is -0.119. The van der Waals surface area contributed by atoms with E-state index >= 15 is 0 Å². The monoisotopic (exact) mass is 294 g/mol. The van der Waals surface area contributed by atoms with Crippen LogP contribution in [0.2, 0.25) is 0 Å². The van der Waals surface area contributed by atoms with E-state index in [2.05, 4.69) is 10.2 Å². The Bertz CT molecular complexity index is 515. The molecule has 2 aliphatic heterocycles. The molecule has 114 valence electrons. The third-order valence-corrected chi connectivity index (χ3v) is 4.64. The molecule has 2 fully saturated rings. The minimum atomic E-state index is -0.486. The van der Waals surface area contributed by atoms with Crippen molar-refractivity contribution >= 4 is 5.91 Å². The molecular weight excluding hydrogens is 274 g/mol. The predicted octanol–water partition coefficient (Wildman–Crippen LogP) is 2.46. The van der Waals surface area contributed by atoms with Crippen LogP contribution < -0.4 is 5.32 Å². The van der Waals surface area contributed by atoms with Gasteiger partial charge in [-0.25, -0.2) is 8.78 Å². The Labute approximate surface area is 123 Å². The normalized spacial score (nSPS) is 26.9. The summed E-state index contributed by atoms with van der Waals surface area (Å²) in [7, 11) is 0. The fraction of sp³-hybridized carbons (Fsp3) is 0.562. The maximum Gasteiger partial charge on any atom is 0.220 e. The zero-order valence-corrected chi connectivity index (χ0v) is 11.9. The van der Waals surface area contributed by atoms with E-state index in [9.17, 15) is 13.6 Å². The van der Waals surface area contributed by atoms with Crippen molar-refractivity contribution in [1.82, 2.24) is 10.2 Å². The Hall–Kier alpha value is -1.49. The number of hydrogen-bond acceptors (Lipinski definition) is 2. The molecule has 0 aromatic heterocycles. The molecule has 0 bridgehead atoms. The van der Waals surface area contributed by atoms with E-state index < -0.39 is 11.6 Å². The van der Waals surface area contributed by atoms with Crippen molar-refractivity contribution in [3.05, 3.63) is 35.4 Å². The highest BCUT2D eigenvalue weighted by molar-refractivity contribution is 5.78. The van der Waals surface area contributed by atoms with Crippen LogP contribution in [0.1, 0.15) is 31.2 Å². The quantitative estimate of drug-likeness (QED) is 0.929. The number of nitrogens with zero attached hydrogens (tertiary/aromatic N) is 1. The van der Waals surface area contributed by atoms with Crippen molar-refractivity contribution in [2.24, 2.45) is 5.92 Å². The van der Waals surface area contributed by atoms with Crippen LogP contribution >= 0.6 is 0 Å². The van der Waals surface area contributed by atoms with Crippen molar-refractivity contribution in [2.75, 3.05) is 13.1 Å². The average molecular weight is 294 g/mol. The third kappa shape index (κ3) is 3.07. The summed E-state index contributed by atoms with van der Waals surface area (Å²) in [5.41, 5.74) is 0.140. The third-order valence-electron chi connectivity index (χ3n) is 4.64. The first-order valence-electron chi connectivity index (χ1n) is 7.59. The van der Waals surface area contributed by atoms with E-state index in [1.807, 2.05) is 0 Å². The maximum absolute atomic E-state index is 13.8. The van der Waals surface area contributed by atoms with Crippen LogP contribution in [0.4, 0.5) is 8.78 Å². The van der Waals surface area contributed by atoms with Gasteiger partial charge >= 0.3 is 0 Å². The van der Waals surface area contributed by atoms with Gasteiger partial charge in [0, 0.05) is 37.0 Å². The van der Waals surface area contributed by atoms with Gasteiger partial charge in [0.2, 0.25) is 5.91 Å². The zero-order chi connectivity index (χ0) is 14.8. The fourth-order valence-corrected chi connectivity index (χ4v) is 3.53. The molecule has 3 rings (SSSR count). The van der Waals surface area contributed by atoms with E-state index in [4.69, 9.17) is 0 Å². The fourth-order valence-electron chi connectivity index (χ4n) is 3.53. The van der Waals surface area contributed by atoms with Crippen LogP contribution in [-0.2, 0) is 11.3 Å². The number of hydrogen-bond donors (Lipinski definition) is 1. The van der Waals surface area contributed by atoms with Gasteiger partial charge < -0.3 is 5.32 Å². The molecule has 1 N–H and O–H groups in total. The number of benzene rings is 1. The van der Waals surface area contributed by atoms with Gasteiger partial charge in [0.05, 0.1) is 0 Å². The van der Waals surface area contributed by atoms with Crippen LogP contribution in [0, 0.1) is 17.6 Å². The molecule has 1 aromatic carbocycles. The predicted molar refractivity (Wildman–Crippen MR) is 75.5 cm³/mol. The Morgan fingerprint density at radius 3 is 2.67 bits per heavy atom. The highest BCUT2D eigenvalue weighted by atomic mass is 19.1. The standard InChI is InChI=1S/C16H20F2N2O/c17-13-4-3-5-14(18)12(13)10-20-7-2-1-6-15(20)11-8-16(21)19-9-11/h3-5,11,15H,1-2,6-10H2,(H,19,21). The Morgan fingerprint density at radius 2 is 2.00 bits per heavy atom. The lowest BCUT2D eigenvalue weighted by Crippen LogP contribution is -2.44. The van der Waals surface area contributed by atoms with Gasteiger partial charge in [-0.2, -0.15) is 0 Å². The smallest absolute Gasteiger partial charge is 0.220 e. The first-order chi connectivity index (χ1) is 10.1. The second-order valence-electron chi connectivity index (χ2n) is 6.00. The van der Waals surface area contributed by atoms with E-state index in [-0.39, 0.29) is 30.0 Å². The number of amides is 1. The summed E-state index contributed by atoms with van der Waals surface area (Å²) in [6.07, 6.45) is 3.68. The number of nitrogens with one attached hydrogen (secondary N) is 1. The average Bonchev–Trinajstić information content (AvgIpc) is 2.90. The maximum atomic E-state index is 13.8. The minimum absolute atomic E-state index is 0.0857. The van der Waals surface area contributed by atoms with Gasteiger partial charge in [0.25, 0.3) is 0 Å². The number of carbonyl (C=O) groups is 1. The molecule has 1 amide bonds. The molecular formula is C16H20F2N2O. The minimum Gasteiger partial charge on any atom is -0.356 e. The molecule has 0 spiro atoms. The lowest BCUT2D eigenvalue weighted by atomic mass is 9.89. The van der Waals surface area contributed by atoms with Gasteiger partial charge in [-0.05, 0) is 31.5 Å². The molecule has 0 radical (unpaired) electrons. The molecule has 2 saturated heterocycles. The van der Waals surface area contributed by atoms with Crippen molar-refractivity contribution in [3.8, 4) is 0 Å². The van der Waals surface area contributed by atoms with E-state index in [1.54, 1.807) is 0 Å². The molecule has 2 heterocycles. The van der Waals surface area contributed by atoms with Gasteiger partial charge in [0.15, 0.2) is 0 Å². The number of halogens is 2. The molecule has 5 heteroatoms. The summed E-state index contributed by atoms with van der Waals surface area (Å²) < 4.78 is 27.7. The number of likely N-dealkylation sites (tertiary alicyclic amines) is 1. The van der Waals surface area contributed by atoms with E-state index in [1.165, 1.54) is 18.2 Å². The molecule has 2 unspecified atom stereocenters. The van der Waals surface area contributed by atoms with Gasteiger partial charge in [-0.15, -0.1) is 0 Å². The molecule has 0 aliphatic carbocycles. The summed E-state index contributed by atoms with van der Waals surface area (Å²) in [6, 6.07) is 4.23. The summed E-state index contributed by atoms with van der Waals surface area (Å²) in [6.45, 7) is 1.80. The Morgan fingerprint density at radius 1 is 1.24 bits per heavy atom. The Kier molecular flexibility index (Phi) is 4.19. The van der Waals surface area contributed by atoms with Crippen molar-refractivity contribution in [2.45, 2.75) is 38.3 Å². The van der Waals surface area contributed by atoms with Crippen molar-refractivity contribution in [1.29, 1.82) is 0 Å². The second kappa shape index (κ2) is 6.10. The van der Waals surface area contributed by atoms with Gasteiger partial charge in [0.1, 0.15) is 11.6 Å². The topological polar surface area (TPSA) is 32.3 Å². The first-order valence-corrected chi connectivity index (χ1v) is 7.59. The van der Waals surface area contributed by atoms with Crippen molar-refractivity contribution in [3.63, 3.8) is 0 Å². The van der Waals surface area contributed by atoms with Gasteiger partial charge in [-0.1, -0.05) is 12.5 Å². The molecule has 21 heavy (non-hydrogen) atoms. The molecule has 0 saturated carbocycles. The van der Waals surface area contributed by atoms with Crippen LogP contribution in [0.5, 0.6) is 0 Å². The van der Waals surface area contributed by atoms with E-state index in [0.29, 0.717) is 13.0 Å². The lowest BCUT2D eigenvalue weighted by Gasteiger charge is -2.38. The summed E-state index contributed by atoms with van der Waals surface area (Å²) in [5, 5.41) is 2.86. The van der Waals surface area contributed by atoms with E-state index in [0.717, 1.165) is 25.8 Å². The van der Waals surface area contributed by atoms with Crippen LogP contribution in [0.3, 0.4) is 0 Å². The number of rotatable bonds is 3. The summed E-state index contributed by atoms with van der Waals surface area (Å²) in [5.74, 6) is -0.630. The van der Waals surface area contributed by atoms with Crippen LogP contribution in [0.15, 0.2) is 18.2 Å². The summed E-state index contributed by atoms with van der Waals surface area (Å²) >= 11 is 0. The molecule has 2 aliphatic rings. The highest BCUT2D eigenvalue weighted by Crippen LogP contribution is 2.29. The molecule has 2 atom stereocenters. The van der Waals surface area contributed by atoms with Gasteiger partial charge in [-0.3, -0.25) is 9.69 Å². The first kappa shape index (κ1) is 14.4. The highest BCUT2D eigenvalue weighted by Gasteiger charge is 2.35. The van der Waals surface area contributed by atoms with Crippen LogP contribution in [0.25, 0.3) is 0 Å². The molecule has 3 nitrogen and oxygen atoms in total. The number of piperidine rings is 1. The zero-order valence-electron chi connectivity index (χ0n) is 11.9. The molecule has 1 aromatic rings. The summed E-state index contributed by atoms with van der Waals surface area (Å²) in [4.78, 5) is 13.6. The number of carbonyl (C=O) groups excluding carboxylic acids is 1. The second-order valence-corrected chi connectivity index (χ2v) is 6.00. The largest absolute Gasteiger partial charge is 0.356 e.